The molecule has 0 aliphatic rings. The van der Waals surface area contributed by atoms with Gasteiger partial charge < -0.3 is 5.32 Å². The number of halogens is 3. The Morgan fingerprint density at radius 1 is 1.19 bits per heavy atom. The van der Waals surface area contributed by atoms with Crippen molar-refractivity contribution in [3.05, 3.63) is 82.5 Å². The summed E-state index contributed by atoms with van der Waals surface area (Å²) in [6.07, 6.45) is 1.05. The highest BCUT2D eigenvalue weighted by atomic mass is 35.5. The molecule has 2 amide bonds. The fraction of sp³-hybridized carbons (Fsp3) is 0.0909. The van der Waals surface area contributed by atoms with Gasteiger partial charge >= 0.3 is 0 Å². The monoisotopic (exact) mass is 440 g/mol. The van der Waals surface area contributed by atoms with E-state index in [1.165, 1.54) is 49.5 Å². The number of carbonyl (C=O) groups is 2. The predicted octanol–water partition coefficient (Wildman–Crippen LogP) is 4.75. The molecule has 9 heteroatoms. The standard InChI is InChI=1S/C22H15ClF2N4O2/c1-13(30)29(17-8-14(12-26)7-15(24)9-17)21-10-16(5-6-27-21)28-22(31)11-18-19(23)3-2-4-20(18)25/h2-10H,11H2,1H3,(H,27,28,31). The molecule has 0 saturated heterocycles. The van der Waals surface area contributed by atoms with Gasteiger partial charge in [-0.2, -0.15) is 5.26 Å². The molecule has 31 heavy (non-hydrogen) atoms. The minimum atomic E-state index is -0.688. The summed E-state index contributed by atoms with van der Waals surface area (Å²) in [7, 11) is 0. The maximum atomic E-state index is 13.9. The average molecular weight is 441 g/mol. The third-order valence-corrected chi connectivity index (χ3v) is 4.60. The topological polar surface area (TPSA) is 86.1 Å². The van der Waals surface area contributed by atoms with Gasteiger partial charge in [0.15, 0.2) is 0 Å². The third-order valence-electron chi connectivity index (χ3n) is 4.24. The molecule has 0 radical (unpaired) electrons. The molecule has 0 aliphatic carbocycles. The second-order valence-electron chi connectivity index (χ2n) is 6.49. The number of rotatable bonds is 5. The molecule has 0 bridgehead atoms. The number of pyridine rings is 1. The Kier molecular flexibility index (Phi) is 6.58. The van der Waals surface area contributed by atoms with Crippen molar-refractivity contribution in [1.29, 1.82) is 5.26 Å². The van der Waals surface area contributed by atoms with Crippen LogP contribution in [0.15, 0.2) is 54.7 Å². The van der Waals surface area contributed by atoms with Crippen molar-refractivity contribution in [2.75, 3.05) is 10.2 Å². The van der Waals surface area contributed by atoms with E-state index in [1.807, 2.05) is 6.07 Å². The van der Waals surface area contributed by atoms with E-state index in [2.05, 4.69) is 10.3 Å². The molecule has 0 aliphatic heterocycles. The van der Waals surface area contributed by atoms with Crippen LogP contribution in [0.1, 0.15) is 18.1 Å². The van der Waals surface area contributed by atoms with E-state index in [-0.39, 0.29) is 39.8 Å². The zero-order chi connectivity index (χ0) is 22.5. The maximum Gasteiger partial charge on any atom is 0.229 e. The summed E-state index contributed by atoms with van der Waals surface area (Å²) in [5, 5.41) is 11.8. The number of aromatic nitrogens is 1. The van der Waals surface area contributed by atoms with Crippen LogP contribution >= 0.6 is 11.6 Å². The van der Waals surface area contributed by atoms with E-state index in [0.29, 0.717) is 0 Å². The fourth-order valence-electron chi connectivity index (χ4n) is 2.93. The van der Waals surface area contributed by atoms with Crippen LogP contribution < -0.4 is 10.2 Å². The number of nitriles is 1. The van der Waals surface area contributed by atoms with Crippen molar-refractivity contribution in [2.45, 2.75) is 13.3 Å². The van der Waals surface area contributed by atoms with Gasteiger partial charge in [-0.25, -0.2) is 13.8 Å². The summed E-state index contributed by atoms with van der Waals surface area (Å²) in [4.78, 5) is 29.8. The minimum Gasteiger partial charge on any atom is -0.326 e. The molecule has 0 saturated carbocycles. The zero-order valence-electron chi connectivity index (χ0n) is 16.2. The van der Waals surface area contributed by atoms with Crippen LogP contribution in [-0.4, -0.2) is 16.8 Å². The fourth-order valence-corrected chi connectivity index (χ4v) is 3.16. The Morgan fingerprint density at radius 3 is 2.65 bits per heavy atom. The summed E-state index contributed by atoms with van der Waals surface area (Å²) >= 11 is 5.96. The first-order chi connectivity index (χ1) is 14.8. The Bertz CT molecular complexity index is 1190. The summed E-state index contributed by atoms with van der Waals surface area (Å²) in [5.41, 5.74) is 0.487. The lowest BCUT2D eigenvalue weighted by atomic mass is 10.1. The van der Waals surface area contributed by atoms with Gasteiger partial charge in [-0.15, -0.1) is 0 Å². The van der Waals surface area contributed by atoms with E-state index in [1.54, 1.807) is 0 Å². The van der Waals surface area contributed by atoms with Gasteiger partial charge in [0.2, 0.25) is 11.8 Å². The highest BCUT2D eigenvalue weighted by Gasteiger charge is 2.19. The lowest BCUT2D eigenvalue weighted by Crippen LogP contribution is -2.24. The second-order valence-corrected chi connectivity index (χ2v) is 6.90. The summed E-state index contributed by atoms with van der Waals surface area (Å²) in [6.45, 7) is 1.25. The first kappa shape index (κ1) is 21.9. The SMILES string of the molecule is CC(=O)N(c1cc(F)cc(C#N)c1)c1cc(NC(=O)Cc2c(F)cccc2Cl)ccn1. The van der Waals surface area contributed by atoms with Gasteiger partial charge in [-0.3, -0.25) is 14.5 Å². The molecule has 1 N–H and O–H groups in total. The first-order valence-electron chi connectivity index (χ1n) is 8.98. The Hall–Kier alpha value is -3.83. The van der Waals surface area contributed by atoms with Crippen LogP contribution in [0.4, 0.5) is 26.0 Å². The Labute approximate surface area is 181 Å². The van der Waals surface area contributed by atoms with Crippen LogP contribution in [0, 0.1) is 23.0 Å². The van der Waals surface area contributed by atoms with E-state index < -0.39 is 23.4 Å². The molecule has 3 aromatic rings. The molecular formula is C22H15ClF2N4O2. The molecule has 6 nitrogen and oxygen atoms in total. The van der Waals surface area contributed by atoms with Gasteiger partial charge in [-0.05, 0) is 36.4 Å². The molecule has 3 rings (SSSR count). The maximum absolute atomic E-state index is 13.9. The van der Waals surface area contributed by atoms with Gasteiger partial charge in [0.05, 0.1) is 23.7 Å². The van der Waals surface area contributed by atoms with Crippen molar-refractivity contribution in [2.24, 2.45) is 0 Å². The quantitative estimate of drug-likeness (QED) is 0.620. The molecule has 156 valence electrons. The Balaban J connectivity index is 1.87. The number of nitrogens with zero attached hydrogens (tertiary/aromatic N) is 3. The van der Waals surface area contributed by atoms with Crippen LogP contribution in [0.2, 0.25) is 5.02 Å². The highest BCUT2D eigenvalue weighted by molar-refractivity contribution is 6.31. The van der Waals surface area contributed by atoms with Crippen molar-refractivity contribution < 1.29 is 18.4 Å². The molecule has 0 unspecified atom stereocenters. The van der Waals surface area contributed by atoms with Gasteiger partial charge in [0.25, 0.3) is 0 Å². The van der Waals surface area contributed by atoms with Crippen molar-refractivity contribution >= 4 is 40.6 Å². The van der Waals surface area contributed by atoms with Crippen LogP contribution in [0.25, 0.3) is 0 Å². The zero-order valence-corrected chi connectivity index (χ0v) is 17.0. The summed E-state index contributed by atoms with van der Waals surface area (Å²) < 4.78 is 27.8. The van der Waals surface area contributed by atoms with Crippen LogP contribution in [0.3, 0.4) is 0 Å². The second kappa shape index (κ2) is 9.32. The smallest absolute Gasteiger partial charge is 0.229 e. The van der Waals surface area contributed by atoms with Crippen molar-refractivity contribution in [3.63, 3.8) is 0 Å². The van der Waals surface area contributed by atoms with E-state index >= 15 is 0 Å². The number of nitrogens with one attached hydrogen (secondary N) is 1. The van der Waals surface area contributed by atoms with E-state index in [4.69, 9.17) is 16.9 Å². The minimum absolute atomic E-state index is 0.0347. The number of anilines is 3. The predicted molar refractivity (Wildman–Crippen MR) is 112 cm³/mol. The summed E-state index contributed by atoms with van der Waals surface area (Å²) in [6, 6.07) is 12.3. The largest absolute Gasteiger partial charge is 0.326 e. The molecule has 2 aromatic carbocycles. The Morgan fingerprint density at radius 2 is 1.97 bits per heavy atom. The van der Waals surface area contributed by atoms with Crippen molar-refractivity contribution in [3.8, 4) is 6.07 Å². The molecule has 1 aromatic heterocycles. The number of hydrogen-bond donors (Lipinski definition) is 1. The number of amides is 2. The normalized spacial score (nSPS) is 10.3. The molecular weight excluding hydrogens is 426 g/mol. The van der Waals surface area contributed by atoms with Crippen LogP contribution in [-0.2, 0) is 16.0 Å². The summed E-state index contributed by atoms with van der Waals surface area (Å²) in [5.74, 6) is -2.20. The van der Waals surface area contributed by atoms with Crippen molar-refractivity contribution in [1.82, 2.24) is 4.98 Å². The molecule has 0 spiro atoms. The molecule has 0 atom stereocenters. The third kappa shape index (κ3) is 5.21. The number of benzene rings is 2. The molecule has 1 heterocycles. The highest BCUT2D eigenvalue weighted by Crippen LogP contribution is 2.28. The first-order valence-corrected chi connectivity index (χ1v) is 9.36. The van der Waals surface area contributed by atoms with Gasteiger partial charge in [0, 0.05) is 35.5 Å². The van der Waals surface area contributed by atoms with Gasteiger partial charge in [-0.1, -0.05) is 17.7 Å². The van der Waals surface area contributed by atoms with Crippen LogP contribution in [0.5, 0.6) is 0 Å². The van der Waals surface area contributed by atoms with Gasteiger partial charge in [0.1, 0.15) is 17.5 Å². The average Bonchev–Trinajstić information content (AvgIpc) is 2.70. The van der Waals surface area contributed by atoms with E-state index in [0.717, 1.165) is 17.0 Å². The molecule has 0 fully saturated rings. The number of carbonyl (C=O) groups excluding carboxylic acids is 2. The lowest BCUT2D eigenvalue weighted by molar-refractivity contribution is -0.116. The number of hydrogen-bond acceptors (Lipinski definition) is 4. The lowest BCUT2D eigenvalue weighted by Gasteiger charge is -2.21. The van der Waals surface area contributed by atoms with E-state index in [9.17, 15) is 18.4 Å².